The molecule has 2 amide bonds. The van der Waals surface area contributed by atoms with Gasteiger partial charge in [0.05, 0.1) is 0 Å². The average Bonchev–Trinajstić information content (AvgIpc) is 3.33. The monoisotopic (exact) mass is 448 g/mol. The van der Waals surface area contributed by atoms with Crippen LogP contribution in [0.25, 0.3) is 11.1 Å². The van der Waals surface area contributed by atoms with Gasteiger partial charge in [0.1, 0.15) is 12.1 Å². The lowest BCUT2D eigenvalue weighted by Gasteiger charge is -2.22. The minimum atomic E-state index is -1.08. The number of hydrogen-bond donors (Lipinski definition) is 3. The Morgan fingerprint density at radius 1 is 0.970 bits per heavy atom. The molecule has 0 aliphatic heterocycles. The van der Waals surface area contributed by atoms with Crippen molar-refractivity contribution in [2.45, 2.75) is 43.6 Å². The van der Waals surface area contributed by atoms with E-state index in [9.17, 15) is 19.5 Å². The second-order valence-corrected chi connectivity index (χ2v) is 9.38. The Hall–Kier alpha value is -3.35. The van der Waals surface area contributed by atoms with Crippen molar-refractivity contribution in [3.8, 4) is 11.1 Å². The van der Waals surface area contributed by atoms with Crippen molar-refractivity contribution in [2.75, 3.05) is 13.2 Å². The number of rotatable bonds is 7. The fourth-order valence-corrected chi connectivity index (χ4v) is 5.34. The summed E-state index contributed by atoms with van der Waals surface area (Å²) in [5, 5.41) is 14.9. The van der Waals surface area contributed by atoms with Crippen molar-refractivity contribution in [1.82, 2.24) is 10.6 Å². The van der Waals surface area contributed by atoms with Gasteiger partial charge in [0.15, 0.2) is 0 Å². The first-order chi connectivity index (χ1) is 16.0. The number of amides is 2. The van der Waals surface area contributed by atoms with Crippen LogP contribution in [-0.4, -0.2) is 41.8 Å². The molecule has 0 heterocycles. The zero-order chi connectivity index (χ0) is 23.0. The summed E-state index contributed by atoms with van der Waals surface area (Å²) in [6, 6.07) is 16.4. The SMILES string of the molecule is O=C(NCC1CCCC1C(=O)NC1(C(=O)O)CC1)OCC1c2ccccc2-c2ccccc21. The molecule has 7 nitrogen and oxygen atoms in total. The predicted molar refractivity (Wildman–Crippen MR) is 122 cm³/mol. The third kappa shape index (κ3) is 4.08. The summed E-state index contributed by atoms with van der Waals surface area (Å²) >= 11 is 0. The van der Waals surface area contributed by atoms with Crippen LogP contribution in [0.2, 0.25) is 0 Å². The fourth-order valence-electron chi connectivity index (χ4n) is 5.34. The Morgan fingerprint density at radius 3 is 2.21 bits per heavy atom. The van der Waals surface area contributed by atoms with Crippen LogP contribution in [0.4, 0.5) is 4.79 Å². The van der Waals surface area contributed by atoms with Crippen LogP contribution in [0.15, 0.2) is 48.5 Å². The van der Waals surface area contributed by atoms with Gasteiger partial charge >= 0.3 is 12.1 Å². The predicted octanol–water partition coefficient (Wildman–Crippen LogP) is 3.67. The van der Waals surface area contributed by atoms with E-state index in [1.54, 1.807) is 0 Å². The smallest absolute Gasteiger partial charge is 0.407 e. The van der Waals surface area contributed by atoms with E-state index in [0.29, 0.717) is 25.8 Å². The van der Waals surface area contributed by atoms with Gasteiger partial charge in [0.2, 0.25) is 5.91 Å². The normalized spacial score (nSPS) is 22.2. The molecular formula is C26H28N2O5. The van der Waals surface area contributed by atoms with Gasteiger partial charge in [-0.1, -0.05) is 55.0 Å². The maximum Gasteiger partial charge on any atom is 0.407 e. The Kier molecular flexibility index (Phi) is 5.56. The molecule has 172 valence electrons. The van der Waals surface area contributed by atoms with Gasteiger partial charge in [-0.25, -0.2) is 9.59 Å². The summed E-state index contributed by atoms with van der Waals surface area (Å²) in [6.07, 6.45) is 2.87. The molecule has 0 spiro atoms. The minimum absolute atomic E-state index is 0.00101. The van der Waals surface area contributed by atoms with Gasteiger partial charge < -0.3 is 20.5 Å². The molecule has 2 fully saturated rings. The van der Waals surface area contributed by atoms with Crippen LogP contribution in [0.5, 0.6) is 0 Å². The molecule has 7 heteroatoms. The van der Waals surface area contributed by atoms with Gasteiger partial charge in [0, 0.05) is 18.4 Å². The molecule has 2 aromatic carbocycles. The maximum absolute atomic E-state index is 12.7. The first-order valence-corrected chi connectivity index (χ1v) is 11.6. The largest absolute Gasteiger partial charge is 0.480 e. The minimum Gasteiger partial charge on any atom is -0.480 e. The number of aliphatic carboxylic acids is 1. The van der Waals surface area contributed by atoms with Crippen molar-refractivity contribution in [1.29, 1.82) is 0 Å². The van der Waals surface area contributed by atoms with E-state index in [4.69, 9.17) is 4.74 Å². The number of nitrogens with one attached hydrogen (secondary N) is 2. The van der Waals surface area contributed by atoms with Gasteiger partial charge in [-0.2, -0.15) is 0 Å². The number of ether oxygens (including phenoxy) is 1. The zero-order valence-electron chi connectivity index (χ0n) is 18.4. The second kappa shape index (κ2) is 8.54. The third-order valence-corrected chi connectivity index (χ3v) is 7.37. The summed E-state index contributed by atoms with van der Waals surface area (Å²) in [6.45, 7) is 0.588. The number of carbonyl (C=O) groups is 3. The van der Waals surface area contributed by atoms with E-state index in [0.717, 1.165) is 24.0 Å². The van der Waals surface area contributed by atoms with Gasteiger partial charge in [-0.05, 0) is 53.9 Å². The van der Waals surface area contributed by atoms with E-state index in [2.05, 4.69) is 34.9 Å². The Labute approximate surface area is 192 Å². The summed E-state index contributed by atoms with van der Waals surface area (Å²) in [7, 11) is 0. The molecule has 3 aliphatic carbocycles. The van der Waals surface area contributed by atoms with E-state index >= 15 is 0 Å². The lowest BCUT2D eigenvalue weighted by molar-refractivity contribution is -0.144. The average molecular weight is 449 g/mol. The van der Waals surface area contributed by atoms with Crippen LogP contribution >= 0.6 is 0 Å². The van der Waals surface area contributed by atoms with Crippen molar-refractivity contribution in [3.63, 3.8) is 0 Å². The summed E-state index contributed by atoms with van der Waals surface area (Å²) < 4.78 is 5.59. The van der Waals surface area contributed by atoms with Crippen molar-refractivity contribution in [2.24, 2.45) is 11.8 Å². The number of alkyl carbamates (subject to hydrolysis) is 1. The topological polar surface area (TPSA) is 105 Å². The van der Waals surface area contributed by atoms with Gasteiger partial charge in [-0.15, -0.1) is 0 Å². The number of carbonyl (C=O) groups excluding carboxylic acids is 2. The molecule has 0 bridgehead atoms. The van der Waals surface area contributed by atoms with Crippen LogP contribution in [-0.2, 0) is 14.3 Å². The molecule has 5 rings (SSSR count). The van der Waals surface area contributed by atoms with E-state index in [1.807, 2.05) is 24.3 Å². The first-order valence-electron chi connectivity index (χ1n) is 11.6. The van der Waals surface area contributed by atoms with Crippen LogP contribution < -0.4 is 10.6 Å². The highest BCUT2D eigenvalue weighted by atomic mass is 16.5. The lowest BCUT2D eigenvalue weighted by Crippen LogP contribution is -2.47. The molecule has 0 radical (unpaired) electrons. The number of fused-ring (bicyclic) bond motifs is 3. The van der Waals surface area contributed by atoms with Crippen LogP contribution in [0, 0.1) is 11.8 Å². The third-order valence-electron chi connectivity index (χ3n) is 7.37. The molecular weight excluding hydrogens is 420 g/mol. The highest BCUT2D eigenvalue weighted by Gasteiger charge is 2.52. The molecule has 2 aromatic rings. The number of carboxylic acid groups (broad SMARTS) is 1. The summed E-state index contributed by atoms with van der Waals surface area (Å²) in [4.78, 5) is 36.5. The molecule has 33 heavy (non-hydrogen) atoms. The molecule has 0 saturated heterocycles. The standard InChI is InChI=1S/C26H28N2O5/c29-23(28-26(12-13-26)24(30)31)17-11-5-6-16(17)14-27-25(32)33-15-22-20-9-3-1-7-18(20)19-8-2-4-10-21(19)22/h1-4,7-10,16-17,22H,5-6,11-15H2,(H,27,32)(H,28,29)(H,30,31). The highest BCUT2D eigenvalue weighted by molar-refractivity contribution is 5.90. The first kappa shape index (κ1) is 21.5. The van der Waals surface area contributed by atoms with Crippen molar-refractivity contribution in [3.05, 3.63) is 59.7 Å². The van der Waals surface area contributed by atoms with Crippen LogP contribution in [0.3, 0.4) is 0 Å². The van der Waals surface area contributed by atoms with Crippen molar-refractivity contribution >= 4 is 18.0 Å². The maximum atomic E-state index is 12.7. The van der Waals surface area contributed by atoms with E-state index < -0.39 is 17.6 Å². The molecule has 2 atom stereocenters. The lowest BCUT2D eigenvalue weighted by atomic mass is 9.94. The quantitative estimate of drug-likeness (QED) is 0.599. The Balaban J connectivity index is 1.15. The van der Waals surface area contributed by atoms with Crippen LogP contribution in [0.1, 0.15) is 49.1 Å². The zero-order valence-corrected chi connectivity index (χ0v) is 18.4. The van der Waals surface area contributed by atoms with Gasteiger partial charge in [0.25, 0.3) is 0 Å². The Bertz CT molecular complexity index is 1050. The molecule has 0 aromatic heterocycles. The number of carboxylic acids is 1. The Morgan fingerprint density at radius 2 is 1.61 bits per heavy atom. The molecule has 3 aliphatic rings. The van der Waals surface area contributed by atoms with Crippen molar-refractivity contribution < 1.29 is 24.2 Å². The fraction of sp³-hybridized carbons (Fsp3) is 0.423. The van der Waals surface area contributed by atoms with E-state index in [-0.39, 0.29) is 30.3 Å². The van der Waals surface area contributed by atoms with E-state index in [1.165, 1.54) is 11.1 Å². The number of hydrogen-bond acceptors (Lipinski definition) is 4. The highest BCUT2D eigenvalue weighted by Crippen LogP contribution is 2.44. The summed E-state index contributed by atoms with van der Waals surface area (Å²) in [5.74, 6) is -1.49. The second-order valence-electron chi connectivity index (χ2n) is 9.38. The molecule has 2 unspecified atom stereocenters. The summed E-state index contributed by atoms with van der Waals surface area (Å²) in [5.41, 5.74) is 3.59. The van der Waals surface area contributed by atoms with Gasteiger partial charge in [-0.3, -0.25) is 4.79 Å². The number of benzene rings is 2. The molecule has 3 N–H and O–H groups in total. The molecule has 2 saturated carbocycles.